The smallest absolute Gasteiger partial charge is 0.399 e. The average Bonchev–Trinajstić information content (AvgIpc) is 2.68. The van der Waals surface area contributed by atoms with Crippen LogP contribution in [0.15, 0.2) is 18.2 Å². The van der Waals surface area contributed by atoms with E-state index in [0.717, 1.165) is 31.5 Å². The Bertz CT molecular complexity index is 531. The normalized spacial score (nSPS) is 24.7. The van der Waals surface area contributed by atoms with Crippen molar-refractivity contribution in [2.24, 2.45) is 0 Å². The number of aryl methyl sites for hydroxylation is 1. The maximum Gasteiger partial charge on any atom is 0.495 e. The van der Waals surface area contributed by atoms with E-state index in [-0.39, 0.29) is 18.3 Å². The number of hydrogen-bond donors (Lipinski definition) is 0. The van der Waals surface area contributed by atoms with Gasteiger partial charge in [-0.15, -0.1) is 0 Å². The quantitative estimate of drug-likeness (QED) is 0.785. The maximum absolute atomic E-state index is 6.17. The molecule has 3 nitrogen and oxygen atoms in total. The van der Waals surface area contributed by atoms with Gasteiger partial charge in [-0.1, -0.05) is 23.8 Å². The summed E-state index contributed by atoms with van der Waals surface area (Å²) in [7, 11) is -0.270. The van der Waals surface area contributed by atoms with Crippen molar-refractivity contribution in [1.82, 2.24) is 0 Å². The highest BCUT2D eigenvalue weighted by Crippen LogP contribution is 2.37. The van der Waals surface area contributed by atoms with E-state index in [4.69, 9.17) is 14.0 Å². The van der Waals surface area contributed by atoms with Crippen LogP contribution in [0.1, 0.15) is 57.6 Å². The Morgan fingerprint density at radius 1 is 1.00 bits per heavy atom. The third kappa shape index (κ3) is 2.84. The molecule has 0 N–H and O–H groups in total. The molecule has 0 saturated carbocycles. The summed E-state index contributed by atoms with van der Waals surface area (Å²) in [4.78, 5) is 0. The molecule has 1 aromatic carbocycles. The van der Waals surface area contributed by atoms with Gasteiger partial charge < -0.3 is 14.0 Å². The Kier molecular flexibility index (Phi) is 4.13. The van der Waals surface area contributed by atoms with Crippen LogP contribution in [-0.4, -0.2) is 31.5 Å². The van der Waals surface area contributed by atoms with Crippen molar-refractivity contribution in [3.05, 3.63) is 29.3 Å². The zero-order chi connectivity index (χ0) is 16.0. The van der Waals surface area contributed by atoms with Crippen LogP contribution in [-0.2, 0) is 14.0 Å². The lowest BCUT2D eigenvalue weighted by molar-refractivity contribution is 0.00578. The van der Waals surface area contributed by atoms with Crippen molar-refractivity contribution in [3.8, 4) is 0 Å². The summed E-state index contributed by atoms with van der Waals surface area (Å²) >= 11 is 0. The monoisotopic (exact) mass is 302 g/mol. The molecule has 2 aliphatic heterocycles. The van der Waals surface area contributed by atoms with Crippen molar-refractivity contribution >= 4 is 12.6 Å². The predicted octanol–water partition coefficient (Wildman–Crippen LogP) is 3.19. The van der Waals surface area contributed by atoms with Gasteiger partial charge in [-0.05, 0) is 64.4 Å². The second-order valence-electron chi connectivity index (χ2n) is 7.59. The Morgan fingerprint density at radius 3 is 2.14 bits per heavy atom. The summed E-state index contributed by atoms with van der Waals surface area (Å²) in [5.74, 6) is 0.625. The van der Waals surface area contributed by atoms with Gasteiger partial charge in [0.1, 0.15) is 0 Å². The highest BCUT2D eigenvalue weighted by Gasteiger charge is 2.52. The molecule has 1 aromatic rings. The lowest BCUT2D eigenvalue weighted by Gasteiger charge is -2.32. The molecular weight excluding hydrogens is 275 g/mol. The van der Waals surface area contributed by atoms with Crippen molar-refractivity contribution in [2.75, 3.05) is 13.2 Å². The first-order valence-electron chi connectivity index (χ1n) is 8.34. The molecule has 0 aliphatic carbocycles. The minimum atomic E-state index is -0.288. The Hall–Kier alpha value is -0.835. The van der Waals surface area contributed by atoms with E-state index < -0.39 is 0 Å². The van der Waals surface area contributed by atoms with Crippen molar-refractivity contribution in [1.29, 1.82) is 0 Å². The first-order valence-corrected chi connectivity index (χ1v) is 8.34. The fourth-order valence-electron chi connectivity index (χ4n) is 3.22. The van der Waals surface area contributed by atoms with Crippen molar-refractivity contribution in [2.45, 2.75) is 64.6 Å². The fourth-order valence-corrected chi connectivity index (χ4v) is 3.22. The van der Waals surface area contributed by atoms with Crippen LogP contribution in [0.2, 0.25) is 0 Å². The standard InChI is InChI=1S/C18H27BO3/c1-13-12-15(14-8-10-20-11-9-14)6-7-16(13)19-21-17(2,3)18(4,5)22-19/h6-7,12,14H,8-11H2,1-5H3. The minimum Gasteiger partial charge on any atom is -0.399 e. The number of hydrogen-bond acceptors (Lipinski definition) is 3. The summed E-state index contributed by atoms with van der Waals surface area (Å²) in [6, 6.07) is 6.72. The Balaban J connectivity index is 1.81. The molecule has 0 unspecified atom stereocenters. The molecule has 120 valence electrons. The lowest BCUT2D eigenvalue weighted by atomic mass is 9.75. The maximum atomic E-state index is 6.17. The molecular formula is C18H27BO3. The molecule has 2 saturated heterocycles. The van der Waals surface area contributed by atoms with E-state index in [1.165, 1.54) is 11.1 Å². The third-order valence-corrected chi connectivity index (χ3v) is 5.49. The molecule has 0 aromatic heterocycles. The van der Waals surface area contributed by atoms with E-state index in [1.807, 2.05) is 0 Å². The van der Waals surface area contributed by atoms with E-state index in [9.17, 15) is 0 Å². The molecule has 0 atom stereocenters. The molecule has 0 spiro atoms. The van der Waals surface area contributed by atoms with Gasteiger partial charge in [0.2, 0.25) is 0 Å². The van der Waals surface area contributed by atoms with Gasteiger partial charge >= 0.3 is 7.12 Å². The minimum absolute atomic E-state index is 0.270. The molecule has 0 radical (unpaired) electrons. The van der Waals surface area contributed by atoms with Gasteiger partial charge in [-0.3, -0.25) is 0 Å². The first-order chi connectivity index (χ1) is 10.3. The van der Waals surface area contributed by atoms with Gasteiger partial charge in [0.05, 0.1) is 11.2 Å². The third-order valence-electron chi connectivity index (χ3n) is 5.49. The van der Waals surface area contributed by atoms with E-state index in [0.29, 0.717) is 5.92 Å². The molecule has 0 bridgehead atoms. The summed E-state index contributed by atoms with van der Waals surface area (Å²) in [5, 5.41) is 0. The van der Waals surface area contributed by atoms with Crippen LogP contribution in [0.4, 0.5) is 0 Å². The Labute approximate surface area is 134 Å². The fraction of sp³-hybridized carbons (Fsp3) is 0.667. The van der Waals surface area contributed by atoms with E-state index >= 15 is 0 Å². The predicted molar refractivity (Wildman–Crippen MR) is 89.7 cm³/mol. The average molecular weight is 302 g/mol. The first kappa shape index (κ1) is 16.0. The number of rotatable bonds is 2. The molecule has 3 rings (SSSR count). The summed E-state index contributed by atoms with van der Waals surface area (Å²) in [6.45, 7) is 12.3. The second-order valence-corrected chi connectivity index (χ2v) is 7.59. The molecule has 2 heterocycles. The lowest BCUT2D eigenvalue weighted by Crippen LogP contribution is -2.41. The van der Waals surface area contributed by atoms with Crippen LogP contribution in [0.5, 0.6) is 0 Å². The van der Waals surface area contributed by atoms with Gasteiger partial charge in [-0.25, -0.2) is 0 Å². The van der Waals surface area contributed by atoms with Crippen molar-refractivity contribution < 1.29 is 14.0 Å². The number of ether oxygens (including phenoxy) is 1. The summed E-state index contributed by atoms with van der Waals surface area (Å²) in [5.41, 5.74) is 3.24. The highest BCUT2D eigenvalue weighted by molar-refractivity contribution is 6.62. The van der Waals surface area contributed by atoms with Crippen LogP contribution in [0.3, 0.4) is 0 Å². The molecule has 2 fully saturated rings. The zero-order valence-electron chi connectivity index (χ0n) is 14.4. The Morgan fingerprint density at radius 2 is 1.59 bits per heavy atom. The van der Waals surface area contributed by atoms with Crippen LogP contribution < -0.4 is 5.46 Å². The SMILES string of the molecule is Cc1cc(C2CCOCC2)ccc1B1OC(C)(C)C(C)(C)O1. The van der Waals surface area contributed by atoms with E-state index in [2.05, 4.69) is 52.8 Å². The van der Waals surface area contributed by atoms with Crippen LogP contribution in [0, 0.1) is 6.92 Å². The molecule has 4 heteroatoms. The van der Waals surface area contributed by atoms with Gasteiger partial charge in [0, 0.05) is 13.2 Å². The van der Waals surface area contributed by atoms with E-state index in [1.54, 1.807) is 0 Å². The van der Waals surface area contributed by atoms with Crippen LogP contribution in [0.25, 0.3) is 0 Å². The van der Waals surface area contributed by atoms with Gasteiger partial charge in [0.25, 0.3) is 0 Å². The largest absolute Gasteiger partial charge is 0.495 e. The molecule has 2 aliphatic rings. The zero-order valence-corrected chi connectivity index (χ0v) is 14.4. The number of benzene rings is 1. The van der Waals surface area contributed by atoms with Crippen LogP contribution >= 0.6 is 0 Å². The van der Waals surface area contributed by atoms with Gasteiger partial charge in [-0.2, -0.15) is 0 Å². The summed E-state index contributed by atoms with van der Waals surface area (Å²) in [6.07, 6.45) is 2.24. The molecule has 22 heavy (non-hydrogen) atoms. The summed E-state index contributed by atoms with van der Waals surface area (Å²) < 4.78 is 17.8. The molecule has 0 amide bonds. The highest BCUT2D eigenvalue weighted by atomic mass is 16.7. The van der Waals surface area contributed by atoms with Crippen molar-refractivity contribution in [3.63, 3.8) is 0 Å². The topological polar surface area (TPSA) is 27.7 Å². The second kappa shape index (κ2) is 5.66. The van der Waals surface area contributed by atoms with Gasteiger partial charge in [0.15, 0.2) is 0 Å².